The Morgan fingerprint density at radius 1 is 1.05 bits per heavy atom. The molecule has 0 bridgehead atoms. The molecular formula is C16H13BrFNO2. The van der Waals surface area contributed by atoms with Gasteiger partial charge >= 0.3 is 0 Å². The number of hydrogen-bond donors (Lipinski definition) is 0. The standard InChI is InChI=1S/C16H13BrFNO2/c17-15-6-5-14(10-16(15)18)21-8-2-7-20-13-4-1-3-12(9-13)11-19/h1,3-6,9-10H,2,7-8H2. The van der Waals surface area contributed by atoms with Crippen molar-refractivity contribution < 1.29 is 13.9 Å². The topological polar surface area (TPSA) is 42.2 Å². The molecule has 2 aromatic rings. The van der Waals surface area contributed by atoms with Crippen LogP contribution in [0.3, 0.4) is 0 Å². The smallest absolute Gasteiger partial charge is 0.141 e. The van der Waals surface area contributed by atoms with Gasteiger partial charge in [-0.2, -0.15) is 5.26 Å². The molecule has 0 aliphatic rings. The fourth-order valence-corrected chi connectivity index (χ4v) is 1.91. The van der Waals surface area contributed by atoms with Crippen molar-refractivity contribution in [1.82, 2.24) is 0 Å². The van der Waals surface area contributed by atoms with Crippen molar-refractivity contribution in [2.75, 3.05) is 13.2 Å². The van der Waals surface area contributed by atoms with Gasteiger partial charge in [0.25, 0.3) is 0 Å². The highest BCUT2D eigenvalue weighted by atomic mass is 79.9. The largest absolute Gasteiger partial charge is 0.493 e. The molecule has 2 rings (SSSR count). The Morgan fingerprint density at radius 2 is 1.76 bits per heavy atom. The molecule has 0 fully saturated rings. The summed E-state index contributed by atoms with van der Waals surface area (Å²) in [5, 5.41) is 8.78. The van der Waals surface area contributed by atoms with Crippen molar-refractivity contribution in [1.29, 1.82) is 5.26 Å². The van der Waals surface area contributed by atoms with Crippen LogP contribution in [0.2, 0.25) is 0 Å². The van der Waals surface area contributed by atoms with Crippen LogP contribution in [0.15, 0.2) is 46.9 Å². The van der Waals surface area contributed by atoms with Gasteiger partial charge in [0.2, 0.25) is 0 Å². The van der Waals surface area contributed by atoms with Crippen LogP contribution in [-0.4, -0.2) is 13.2 Å². The predicted molar refractivity (Wildman–Crippen MR) is 80.9 cm³/mol. The Balaban J connectivity index is 1.72. The van der Waals surface area contributed by atoms with Crippen LogP contribution in [-0.2, 0) is 0 Å². The second-order valence-corrected chi connectivity index (χ2v) is 5.12. The van der Waals surface area contributed by atoms with Gasteiger partial charge in [0.05, 0.1) is 29.3 Å². The number of rotatable bonds is 6. The number of ether oxygens (including phenoxy) is 2. The van der Waals surface area contributed by atoms with E-state index in [0.717, 1.165) is 0 Å². The number of benzene rings is 2. The third-order valence-electron chi connectivity index (χ3n) is 2.68. The van der Waals surface area contributed by atoms with Crippen molar-refractivity contribution in [3.05, 3.63) is 58.3 Å². The molecule has 0 N–H and O–H groups in total. The molecule has 0 saturated heterocycles. The summed E-state index contributed by atoms with van der Waals surface area (Å²) in [5.74, 6) is 0.794. The molecule has 0 aromatic heterocycles. The van der Waals surface area contributed by atoms with Gasteiger partial charge in [0.15, 0.2) is 0 Å². The SMILES string of the molecule is N#Cc1cccc(OCCCOc2ccc(Br)c(F)c2)c1. The lowest BCUT2D eigenvalue weighted by atomic mass is 10.2. The van der Waals surface area contributed by atoms with Crippen LogP contribution < -0.4 is 9.47 Å². The number of nitrogens with zero attached hydrogens (tertiary/aromatic N) is 1. The van der Waals surface area contributed by atoms with Gasteiger partial charge in [-0.1, -0.05) is 6.07 Å². The lowest BCUT2D eigenvalue weighted by Gasteiger charge is -2.08. The molecule has 21 heavy (non-hydrogen) atoms. The molecule has 0 spiro atoms. The molecule has 108 valence electrons. The minimum absolute atomic E-state index is 0.350. The van der Waals surface area contributed by atoms with Gasteiger partial charge in [0, 0.05) is 12.5 Å². The van der Waals surface area contributed by atoms with Gasteiger partial charge in [-0.25, -0.2) is 4.39 Å². The summed E-state index contributed by atoms with van der Waals surface area (Å²) in [6, 6.07) is 13.7. The summed E-state index contributed by atoms with van der Waals surface area (Å²) in [6.45, 7) is 0.896. The molecule has 0 saturated carbocycles. The van der Waals surface area contributed by atoms with Crippen LogP contribution in [0.4, 0.5) is 4.39 Å². The molecule has 0 atom stereocenters. The summed E-state index contributed by atoms with van der Waals surface area (Å²) < 4.78 is 24.6. The quantitative estimate of drug-likeness (QED) is 0.729. The first-order chi connectivity index (χ1) is 10.2. The first-order valence-corrected chi connectivity index (χ1v) is 7.19. The maximum Gasteiger partial charge on any atom is 0.141 e. The van der Waals surface area contributed by atoms with Gasteiger partial charge in [-0.15, -0.1) is 0 Å². The molecule has 0 aliphatic heterocycles. The average Bonchev–Trinajstić information content (AvgIpc) is 2.50. The highest BCUT2D eigenvalue weighted by Gasteiger charge is 2.01. The molecule has 0 radical (unpaired) electrons. The second-order valence-electron chi connectivity index (χ2n) is 4.27. The molecule has 3 nitrogen and oxygen atoms in total. The summed E-state index contributed by atoms with van der Waals surface area (Å²) in [5.41, 5.74) is 0.564. The third kappa shape index (κ3) is 4.76. The summed E-state index contributed by atoms with van der Waals surface area (Å²) in [4.78, 5) is 0. The fourth-order valence-electron chi connectivity index (χ4n) is 1.66. The Kier molecular flexibility index (Phi) is 5.59. The minimum atomic E-state index is -0.350. The number of hydrogen-bond acceptors (Lipinski definition) is 3. The molecule has 0 heterocycles. The first-order valence-electron chi connectivity index (χ1n) is 6.40. The fraction of sp³-hybridized carbons (Fsp3) is 0.188. The third-order valence-corrected chi connectivity index (χ3v) is 3.32. The van der Waals surface area contributed by atoms with E-state index >= 15 is 0 Å². The van der Waals surface area contributed by atoms with E-state index in [0.29, 0.717) is 41.2 Å². The van der Waals surface area contributed by atoms with Crippen molar-refractivity contribution >= 4 is 15.9 Å². The van der Waals surface area contributed by atoms with E-state index in [-0.39, 0.29) is 5.82 Å². The van der Waals surface area contributed by atoms with E-state index in [1.54, 1.807) is 36.4 Å². The zero-order valence-corrected chi connectivity index (χ0v) is 12.8. The van der Waals surface area contributed by atoms with E-state index in [1.807, 2.05) is 0 Å². The maximum atomic E-state index is 13.3. The predicted octanol–water partition coefficient (Wildman–Crippen LogP) is 4.31. The van der Waals surface area contributed by atoms with E-state index in [9.17, 15) is 4.39 Å². The molecule has 5 heteroatoms. The van der Waals surface area contributed by atoms with Crippen LogP contribution in [0, 0.1) is 17.1 Å². The van der Waals surface area contributed by atoms with Crippen molar-refractivity contribution in [2.24, 2.45) is 0 Å². The number of nitriles is 1. The Bertz CT molecular complexity index is 655. The summed E-state index contributed by atoms with van der Waals surface area (Å²) in [6.07, 6.45) is 0.661. The first kappa shape index (κ1) is 15.3. The van der Waals surface area contributed by atoms with Crippen LogP contribution in [0.1, 0.15) is 12.0 Å². The van der Waals surface area contributed by atoms with Gasteiger partial charge in [-0.05, 0) is 46.3 Å². The zero-order valence-electron chi connectivity index (χ0n) is 11.2. The normalized spacial score (nSPS) is 9.95. The van der Waals surface area contributed by atoms with Crippen molar-refractivity contribution in [3.63, 3.8) is 0 Å². The minimum Gasteiger partial charge on any atom is -0.493 e. The maximum absolute atomic E-state index is 13.3. The van der Waals surface area contributed by atoms with E-state index in [4.69, 9.17) is 14.7 Å². The van der Waals surface area contributed by atoms with E-state index < -0.39 is 0 Å². The number of halogens is 2. The Labute approximate surface area is 131 Å². The molecule has 0 aliphatic carbocycles. The monoisotopic (exact) mass is 349 g/mol. The van der Waals surface area contributed by atoms with Crippen LogP contribution in [0.5, 0.6) is 11.5 Å². The van der Waals surface area contributed by atoms with E-state index in [1.165, 1.54) is 6.07 Å². The Hall–Kier alpha value is -2.06. The molecule has 2 aromatic carbocycles. The summed E-state index contributed by atoms with van der Waals surface area (Å²) in [7, 11) is 0. The van der Waals surface area contributed by atoms with Gasteiger partial charge in [0.1, 0.15) is 17.3 Å². The highest BCUT2D eigenvalue weighted by molar-refractivity contribution is 9.10. The molecular weight excluding hydrogens is 337 g/mol. The summed E-state index contributed by atoms with van der Waals surface area (Å²) >= 11 is 3.09. The molecule has 0 unspecified atom stereocenters. The van der Waals surface area contributed by atoms with Gasteiger partial charge in [-0.3, -0.25) is 0 Å². The zero-order chi connectivity index (χ0) is 15.1. The van der Waals surface area contributed by atoms with Crippen LogP contribution >= 0.6 is 15.9 Å². The molecule has 0 amide bonds. The van der Waals surface area contributed by atoms with E-state index in [2.05, 4.69) is 22.0 Å². The van der Waals surface area contributed by atoms with Crippen molar-refractivity contribution in [2.45, 2.75) is 6.42 Å². The van der Waals surface area contributed by atoms with Crippen LogP contribution in [0.25, 0.3) is 0 Å². The van der Waals surface area contributed by atoms with Crippen molar-refractivity contribution in [3.8, 4) is 17.6 Å². The average molecular weight is 350 g/mol. The highest BCUT2D eigenvalue weighted by Crippen LogP contribution is 2.21. The van der Waals surface area contributed by atoms with Gasteiger partial charge < -0.3 is 9.47 Å². The Morgan fingerprint density at radius 3 is 2.43 bits per heavy atom. The second kappa shape index (κ2) is 7.65. The lowest BCUT2D eigenvalue weighted by molar-refractivity contribution is 0.247. The lowest BCUT2D eigenvalue weighted by Crippen LogP contribution is -2.05.